The lowest BCUT2D eigenvalue weighted by atomic mass is 10.1. The van der Waals surface area contributed by atoms with Crippen LogP contribution in [0.15, 0.2) is 64.5 Å². The number of aromatic nitrogens is 1. The zero-order valence-electron chi connectivity index (χ0n) is 16.6. The summed E-state index contributed by atoms with van der Waals surface area (Å²) in [5.74, 6) is 0. The molecular formula is C20H20F3N3O4S2. The molecule has 4 rings (SSSR count). The van der Waals surface area contributed by atoms with E-state index in [-0.39, 0.29) is 10.4 Å². The Labute approximate surface area is 183 Å². The maximum absolute atomic E-state index is 13.8. The van der Waals surface area contributed by atoms with Crippen LogP contribution >= 0.6 is 0 Å². The Morgan fingerprint density at radius 1 is 0.938 bits per heavy atom. The average molecular weight is 488 g/mol. The summed E-state index contributed by atoms with van der Waals surface area (Å²) in [7, 11) is -8.81. The zero-order chi connectivity index (χ0) is 23.1. The van der Waals surface area contributed by atoms with Crippen molar-refractivity contribution < 1.29 is 30.0 Å². The van der Waals surface area contributed by atoms with Gasteiger partial charge in [-0.2, -0.15) is 13.2 Å². The van der Waals surface area contributed by atoms with Crippen molar-refractivity contribution in [2.24, 2.45) is 0 Å². The number of benzene rings is 2. The van der Waals surface area contributed by atoms with Gasteiger partial charge in [0.1, 0.15) is 4.90 Å². The van der Waals surface area contributed by atoms with Crippen molar-refractivity contribution in [3.05, 3.63) is 60.3 Å². The number of hydrogen-bond donors (Lipinski definition) is 2. The predicted octanol–water partition coefficient (Wildman–Crippen LogP) is 2.93. The molecule has 1 saturated heterocycles. The minimum Gasteiger partial charge on any atom is -0.317 e. The molecule has 0 atom stereocenters. The summed E-state index contributed by atoms with van der Waals surface area (Å²) in [6.45, 7) is 1.12. The standard InChI is InChI=1S/C20H20F3N3O4S2/c21-20(22,23)16-7-4-8-17-19(16)18(31(27,28)25-14-9-11-24-12-10-14)13-26(17)32(29,30)15-5-2-1-3-6-15/h1-8,13-14,24-25H,9-12H2. The van der Waals surface area contributed by atoms with Crippen LogP contribution in [0.5, 0.6) is 0 Å². The summed E-state index contributed by atoms with van der Waals surface area (Å²) in [5.41, 5.74) is -1.59. The summed E-state index contributed by atoms with van der Waals surface area (Å²) in [6.07, 6.45) is -3.20. The molecule has 2 heterocycles. The minimum atomic E-state index is -4.89. The molecule has 0 amide bonds. The Bertz CT molecular complexity index is 1350. The third-order valence-corrected chi connectivity index (χ3v) is 8.54. The summed E-state index contributed by atoms with van der Waals surface area (Å²) in [5, 5.41) is 2.39. The molecule has 0 unspecified atom stereocenters. The van der Waals surface area contributed by atoms with Gasteiger partial charge in [-0.25, -0.2) is 25.5 Å². The van der Waals surface area contributed by atoms with Crippen LogP contribution in [0.2, 0.25) is 0 Å². The van der Waals surface area contributed by atoms with Gasteiger partial charge in [-0.3, -0.25) is 0 Å². The molecule has 2 N–H and O–H groups in total. The van der Waals surface area contributed by atoms with Gasteiger partial charge >= 0.3 is 6.18 Å². The molecule has 1 aromatic heterocycles. The smallest absolute Gasteiger partial charge is 0.317 e. The van der Waals surface area contributed by atoms with Gasteiger partial charge in [0.2, 0.25) is 10.0 Å². The number of nitrogens with zero attached hydrogens (tertiary/aromatic N) is 1. The van der Waals surface area contributed by atoms with Gasteiger partial charge in [-0.15, -0.1) is 0 Å². The molecule has 0 bridgehead atoms. The fraction of sp³-hybridized carbons (Fsp3) is 0.300. The zero-order valence-corrected chi connectivity index (χ0v) is 18.3. The molecule has 0 spiro atoms. The van der Waals surface area contributed by atoms with Crippen molar-refractivity contribution in [1.29, 1.82) is 0 Å². The first kappa shape index (κ1) is 22.8. The molecule has 2 aromatic carbocycles. The Morgan fingerprint density at radius 3 is 2.22 bits per heavy atom. The van der Waals surface area contributed by atoms with E-state index < -0.39 is 48.1 Å². The second-order valence-corrected chi connectivity index (χ2v) is 10.9. The van der Waals surface area contributed by atoms with E-state index in [1.165, 1.54) is 24.3 Å². The molecule has 7 nitrogen and oxygen atoms in total. The van der Waals surface area contributed by atoms with Gasteiger partial charge in [-0.05, 0) is 50.2 Å². The van der Waals surface area contributed by atoms with Crippen molar-refractivity contribution in [3.8, 4) is 0 Å². The van der Waals surface area contributed by atoms with Crippen LogP contribution in [0.25, 0.3) is 10.9 Å². The number of sulfonamides is 1. The highest BCUT2D eigenvalue weighted by Crippen LogP contribution is 2.39. The molecule has 0 saturated carbocycles. The number of fused-ring (bicyclic) bond motifs is 1. The molecule has 32 heavy (non-hydrogen) atoms. The molecule has 172 valence electrons. The molecule has 0 aliphatic carbocycles. The van der Waals surface area contributed by atoms with Gasteiger partial charge in [0.25, 0.3) is 10.0 Å². The molecule has 1 fully saturated rings. The highest BCUT2D eigenvalue weighted by molar-refractivity contribution is 7.91. The summed E-state index contributed by atoms with van der Waals surface area (Å²) < 4.78 is 97.1. The van der Waals surface area contributed by atoms with E-state index >= 15 is 0 Å². The highest BCUT2D eigenvalue weighted by atomic mass is 32.2. The minimum absolute atomic E-state index is 0.176. The first-order valence-electron chi connectivity index (χ1n) is 9.77. The van der Waals surface area contributed by atoms with Crippen molar-refractivity contribution in [3.63, 3.8) is 0 Å². The van der Waals surface area contributed by atoms with E-state index in [1.54, 1.807) is 6.07 Å². The van der Waals surface area contributed by atoms with Crippen molar-refractivity contribution >= 4 is 30.9 Å². The van der Waals surface area contributed by atoms with E-state index in [9.17, 15) is 30.0 Å². The second kappa shape index (κ2) is 8.18. The molecule has 1 aliphatic rings. The van der Waals surface area contributed by atoms with E-state index in [0.29, 0.717) is 29.9 Å². The topological polar surface area (TPSA) is 97.3 Å². The maximum Gasteiger partial charge on any atom is 0.417 e. The fourth-order valence-corrected chi connectivity index (χ4v) is 6.77. The monoisotopic (exact) mass is 487 g/mol. The molecule has 1 aliphatic heterocycles. The quantitative estimate of drug-likeness (QED) is 0.577. The Hall–Kier alpha value is -2.41. The number of nitrogens with one attached hydrogen (secondary N) is 2. The van der Waals surface area contributed by atoms with Crippen molar-refractivity contribution in [2.75, 3.05) is 13.1 Å². The van der Waals surface area contributed by atoms with Crippen LogP contribution in [-0.4, -0.2) is 39.9 Å². The lowest BCUT2D eigenvalue weighted by Gasteiger charge is -2.23. The SMILES string of the molecule is O=S(=O)(NC1CCNCC1)c1cn(S(=O)(=O)c2ccccc2)c2cccc(C(F)(F)F)c12. The summed E-state index contributed by atoms with van der Waals surface area (Å²) >= 11 is 0. The first-order valence-corrected chi connectivity index (χ1v) is 12.7. The third-order valence-electron chi connectivity index (χ3n) is 5.32. The third kappa shape index (κ3) is 4.15. The van der Waals surface area contributed by atoms with E-state index in [1.807, 2.05) is 0 Å². The van der Waals surface area contributed by atoms with Gasteiger partial charge in [0.05, 0.1) is 16.0 Å². The van der Waals surface area contributed by atoms with Crippen molar-refractivity contribution in [1.82, 2.24) is 14.0 Å². The van der Waals surface area contributed by atoms with Crippen LogP contribution in [-0.2, 0) is 26.2 Å². The van der Waals surface area contributed by atoms with Crippen LogP contribution in [0, 0.1) is 0 Å². The predicted molar refractivity (Wildman–Crippen MR) is 112 cm³/mol. The van der Waals surface area contributed by atoms with Gasteiger partial charge in [0, 0.05) is 17.6 Å². The van der Waals surface area contributed by atoms with E-state index in [2.05, 4.69) is 10.0 Å². The maximum atomic E-state index is 13.8. The highest BCUT2D eigenvalue weighted by Gasteiger charge is 2.38. The van der Waals surface area contributed by atoms with Crippen LogP contribution in [0.3, 0.4) is 0 Å². The average Bonchev–Trinajstić information content (AvgIpc) is 3.15. The van der Waals surface area contributed by atoms with Gasteiger partial charge < -0.3 is 5.32 Å². The van der Waals surface area contributed by atoms with Gasteiger partial charge in [-0.1, -0.05) is 24.3 Å². The van der Waals surface area contributed by atoms with Gasteiger partial charge in [0.15, 0.2) is 0 Å². The first-order chi connectivity index (χ1) is 15.0. The normalized spacial score (nSPS) is 16.5. The lowest BCUT2D eigenvalue weighted by molar-refractivity contribution is -0.136. The van der Waals surface area contributed by atoms with Crippen LogP contribution in [0.1, 0.15) is 18.4 Å². The molecule has 3 aromatic rings. The van der Waals surface area contributed by atoms with Crippen molar-refractivity contribution in [2.45, 2.75) is 34.9 Å². The largest absolute Gasteiger partial charge is 0.417 e. The number of hydrogen-bond acceptors (Lipinski definition) is 5. The number of piperidine rings is 1. The summed E-state index contributed by atoms with van der Waals surface area (Å²) in [4.78, 5) is -0.900. The van der Waals surface area contributed by atoms with Crippen LogP contribution in [0.4, 0.5) is 13.2 Å². The number of alkyl halides is 3. The van der Waals surface area contributed by atoms with E-state index in [4.69, 9.17) is 0 Å². The molecule has 12 heteroatoms. The Kier molecular flexibility index (Phi) is 5.82. The molecule has 0 radical (unpaired) electrons. The summed E-state index contributed by atoms with van der Waals surface area (Å²) in [6, 6.07) is 9.59. The Morgan fingerprint density at radius 2 is 1.59 bits per heavy atom. The van der Waals surface area contributed by atoms with Crippen LogP contribution < -0.4 is 10.0 Å². The number of rotatable bonds is 5. The fourth-order valence-electron chi connectivity index (χ4n) is 3.79. The molecular weight excluding hydrogens is 467 g/mol. The Balaban J connectivity index is 1.97. The lowest BCUT2D eigenvalue weighted by Crippen LogP contribution is -2.42. The van der Waals surface area contributed by atoms with E-state index in [0.717, 1.165) is 24.4 Å². The number of halogens is 3. The second-order valence-electron chi connectivity index (χ2n) is 7.45.